The fraction of sp³-hybridized carbons (Fsp3) is 0.350. The van der Waals surface area contributed by atoms with Crippen molar-refractivity contribution in [2.75, 3.05) is 10.6 Å². The van der Waals surface area contributed by atoms with Crippen molar-refractivity contribution in [1.82, 2.24) is 0 Å². The molecule has 0 atom stereocenters. The minimum absolute atomic E-state index is 0.0879. The summed E-state index contributed by atoms with van der Waals surface area (Å²) in [7, 11) is 0. The number of benzene rings is 2. The third-order valence-corrected chi connectivity index (χ3v) is 3.61. The van der Waals surface area contributed by atoms with E-state index in [1.165, 1.54) is 5.56 Å². The molecule has 0 saturated carbocycles. The molecule has 122 valence electrons. The number of carbonyl (C=O) groups is 1. The van der Waals surface area contributed by atoms with E-state index in [0.717, 1.165) is 11.4 Å². The average Bonchev–Trinajstić information content (AvgIpc) is 2.48. The van der Waals surface area contributed by atoms with Crippen molar-refractivity contribution in [2.45, 2.75) is 46.1 Å². The van der Waals surface area contributed by atoms with Gasteiger partial charge in [-0.3, -0.25) is 4.79 Å². The second kappa shape index (κ2) is 6.86. The van der Waals surface area contributed by atoms with Gasteiger partial charge in [0, 0.05) is 23.0 Å². The Bertz CT molecular complexity index is 650. The topological polar surface area (TPSA) is 41.1 Å². The van der Waals surface area contributed by atoms with Gasteiger partial charge in [0.05, 0.1) is 0 Å². The van der Waals surface area contributed by atoms with Crippen LogP contribution < -0.4 is 10.6 Å². The minimum Gasteiger partial charge on any atom is -0.383 e. The molecule has 0 aliphatic heterocycles. The smallest absolute Gasteiger partial charge is 0.255 e. The maximum absolute atomic E-state index is 12.3. The summed E-state index contributed by atoms with van der Waals surface area (Å²) < 4.78 is 0. The zero-order chi connectivity index (χ0) is 17.0. The Morgan fingerprint density at radius 2 is 1.39 bits per heavy atom. The van der Waals surface area contributed by atoms with Crippen LogP contribution in [0.4, 0.5) is 11.4 Å². The highest BCUT2D eigenvalue weighted by Crippen LogP contribution is 2.22. The number of nitrogens with one attached hydrogen (secondary N) is 2. The standard InChI is InChI=1S/C20H26N2O/c1-14(2)21-17-10-12-18(13-11-17)22-19(23)15-6-8-16(9-7-15)20(3,4)5/h6-14,21H,1-5H3,(H,22,23). The zero-order valence-electron chi connectivity index (χ0n) is 14.6. The number of amides is 1. The van der Waals surface area contributed by atoms with Gasteiger partial charge in [0.1, 0.15) is 0 Å². The summed E-state index contributed by atoms with van der Waals surface area (Å²) in [5, 5.41) is 6.25. The molecule has 0 spiro atoms. The number of hydrogen-bond acceptors (Lipinski definition) is 2. The Labute approximate surface area is 139 Å². The molecular weight excluding hydrogens is 284 g/mol. The van der Waals surface area contributed by atoms with Crippen molar-refractivity contribution in [3.8, 4) is 0 Å². The van der Waals surface area contributed by atoms with Crippen LogP contribution in [0.3, 0.4) is 0 Å². The van der Waals surface area contributed by atoms with E-state index in [4.69, 9.17) is 0 Å². The summed E-state index contributed by atoms with van der Waals surface area (Å²) in [6.45, 7) is 10.7. The molecule has 0 saturated heterocycles. The molecule has 0 aliphatic carbocycles. The number of carbonyl (C=O) groups excluding carboxylic acids is 1. The molecular formula is C20H26N2O. The highest BCUT2D eigenvalue weighted by Gasteiger charge is 2.14. The molecule has 2 N–H and O–H groups in total. The van der Waals surface area contributed by atoms with Crippen LogP contribution in [0, 0.1) is 0 Å². The first-order valence-electron chi connectivity index (χ1n) is 8.04. The van der Waals surface area contributed by atoms with Gasteiger partial charge in [0.25, 0.3) is 5.91 Å². The lowest BCUT2D eigenvalue weighted by molar-refractivity contribution is 0.102. The van der Waals surface area contributed by atoms with Gasteiger partial charge in [-0.05, 0) is 61.2 Å². The summed E-state index contributed by atoms with van der Waals surface area (Å²) in [5.74, 6) is -0.0879. The molecule has 0 bridgehead atoms. The van der Waals surface area contributed by atoms with Gasteiger partial charge in [-0.1, -0.05) is 32.9 Å². The Morgan fingerprint density at radius 1 is 0.870 bits per heavy atom. The molecule has 0 heterocycles. The summed E-state index contributed by atoms with van der Waals surface area (Å²) in [6, 6.07) is 15.9. The van der Waals surface area contributed by atoms with Crippen LogP contribution in [0.25, 0.3) is 0 Å². The third-order valence-electron chi connectivity index (χ3n) is 3.61. The molecule has 0 radical (unpaired) electrons. The van der Waals surface area contributed by atoms with Crippen LogP contribution in [-0.2, 0) is 5.41 Å². The van der Waals surface area contributed by atoms with Gasteiger partial charge in [-0.2, -0.15) is 0 Å². The highest BCUT2D eigenvalue weighted by atomic mass is 16.1. The predicted octanol–water partition coefficient (Wildman–Crippen LogP) is 5.06. The molecule has 1 amide bonds. The normalized spacial score (nSPS) is 11.4. The van der Waals surface area contributed by atoms with Crippen molar-refractivity contribution in [3.63, 3.8) is 0 Å². The first-order valence-corrected chi connectivity index (χ1v) is 8.04. The molecule has 2 aromatic rings. The maximum Gasteiger partial charge on any atom is 0.255 e. The minimum atomic E-state index is -0.0879. The van der Waals surface area contributed by atoms with E-state index >= 15 is 0 Å². The number of rotatable bonds is 4. The predicted molar refractivity (Wildman–Crippen MR) is 98.3 cm³/mol. The Morgan fingerprint density at radius 3 is 1.87 bits per heavy atom. The monoisotopic (exact) mass is 310 g/mol. The summed E-state index contributed by atoms with van der Waals surface area (Å²) in [4.78, 5) is 12.3. The summed E-state index contributed by atoms with van der Waals surface area (Å²) >= 11 is 0. The Hall–Kier alpha value is -2.29. The maximum atomic E-state index is 12.3. The molecule has 2 rings (SSSR count). The van der Waals surface area contributed by atoms with E-state index in [0.29, 0.717) is 11.6 Å². The molecule has 2 aromatic carbocycles. The largest absolute Gasteiger partial charge is 0.383 e. The van der Waals surface area contributed by atoms with Gasteiger partial charge in [0.15, 0.2) is 0 Å². The molecule has 3 nitrogen and oxygen atoms in total. The van der Waals surface area contributed by atoms with E-state index < -0.39 is 0 Å². The second-order valence-corrected chi connectivity index (χ2v) is 7.16. The van der Waals surface area contributed by atoms with E-state index in [9.17, 15) is 4.79 Å². The third kappa shape index (κ3) is 4.85. The van der Waals surface area contributed by atoms with Crippen molar-refractivity contribution in [2.24, 2.45) is 0 Å². The zero-order valence-corrected chi connectivity index (χ0v) is 14.6. The van der Waals surface area contributed by atoms with E-state index in [1.807, 2.05) is 48.5 Å². The van der Waals surface area contributed by atoms with Crippen molar-refractivity contribution in [1.29, 1.82) is 0 Å². The lowest BCUT2D eigenvalue weighted by atomic mass is 9.87. The van der Waals surface area contributed by atoms with Crippen LogP contribution in [-0.4, -0.2) is 11.9 Å². The molecule has 23 heavy (non-hydrogen) atoms. The van der Waals surface area contributed by atoms with Crippen LogP contribution in [0.5, 0.6) is 0 Å². The molecule has 0 aromatic heterocycles. The first kappa shape index (κ1) is 17.1. The second-order valence-electron chi connectivity index (χ2n) is 7.16. The van der Waals surface area contributed by atoms with Gasteiger partial charge in [0.2, 0.25) is 0 Å². The Balaban J connectivity index is 2.04. The fourth-order valence-electron chi connectivity index (χ4n) is 2.31. The first-order chi connectivity index (χ1) is 10.8. The summed E-state index contributed by atoms with van der Waals surface area (Å²) in [5.41, 5.74) is 3.83. The van der Waals surface area contributed by atoms with Crippen molar-refractivity contribution < 1.29 is 4.79 Å². The van der Waals surface area contributed by atoms with E-state index in [2.05, 4.69) is 45.3 Å². The van der Waals surface area contributed by atoms with Crippen LogP contribution >= 0.6 is 0 Å². The van der Waals surface area contributed by atoms with Crippen molar-refractivity contribution >= 4 is 17.3 Å². The van der Waals surface area contributed by atoms with Crippen LogP contribution in [0.1, 0.15) is 50.5 Å². The van der Waals surface area contributed by atoms with E-state index in [-0.39, 0.29) is 11.3 Å². The average molecular weight is 310 g/mol. The molecule has 0 aliphatic rings. The quantitative estimate of drug-likeness (QED) is 0.829. The van der Waals surface area contributed by atoms with Gasteiger partial charge >= 0.3 is 0 Å². The van der Waals surface area contributed by atoms with Crippen LogP contribution in [0.15, 0.2) is 48.5 Å². The van der Waals surface area contributed by atoms with Crippen LogP contribution in [0.2, 0.25) is 0 Å². The molecule has 0 unspecified atom stereocenters. The van der Waals surface area contributed by atoms with Gasteiger partial charge in [-0.15, -0.1) is 0 Å². The number of anilines is 2. The van der Waals surface area contributed by atoms with Gasteiger partial charge < -0.3 is 10.6 Å². The molecule has 3 heteroatoms. The fourth-order valence-corrected chi connectivity index (χ4v) is 2.31. The Kier molecular flexibility index (Phi) is 5.09. The highest BCUT2D eigenvalue weighted by molar-refractivity contribution is 6.04. The molecule has 0 fully saturated rings. The lowest BCUT2D eigenvalue weighted by Gasteiger charge is -2.19. The van der Waals surface area contributed by atoms with Gasteiger partial charge in [-0.25, -0.2) is 0 Å². The van der Waals surface area contributed by atoms with Crippen molar-refractivity contribution in [3.05, 3.63) is 59.7 Å². The number of hydrogen-bond donors (Lipinski definition) is 2. The SMILES string of the molecule is CC(C)Nc1ccc(NC(=O)c2ccc(C(C)(C)C)cc2)cc1. The van der Waals surface area contributed by atoms with E-state index in [1.54, 1.807) is 0 Å². The lowest BCUT2D eigenvalue weighted by Crippen LogP contribution is -2.14. The summed E-state index contributed by atoms with van der Waals surface area (Å²) in [6.07, 6.45) is 0.